The fraction of sp³-hybridized carbons (Fsp3) is 0.400. The number of rotatable bonds is 6. The van der Waals surface area contributed by atoms with Gasteiger partial charge in [-0.1, -0.05) is 37.3 Å². The molecule has 0 radical (unpaired) electrons. The van der Waals surface area contributed by atoms with Crippen molar-refractivity contribution in [3.05, 3.63) is 47.3 Å². The van der Waals surface area contributed by atoms with Crippen LogP contribution in [-0.2, 0) is 20.7 Å². The first-order chi connectivity index (χ1) is 12.5. The molecule has 2 amide bonds. The molecule has 3 rings (SSSR count). The van der Waals surface area contributed by atoms with Gasteiger partial charge in [0.25, 0.3) is 5.91 Å². The molecule has 1 atom stereocenters. The lowest BCUT2D eigenvalue weighted by Crippen LogP contribution is -2.61. The molecule has 138 valence electrons. The molecule has 1 aromatic carbocycles. The second kappa shape index (κ2) is 8.01. The zero-order chi connectivity index (χ0) is 18.6. The number of ether oxygens (including phenoxy) is 1. The number of nitrogens with zero attached hydrogens (tertiary/aromatic N) is 1. The largest absolute Gasteiger partial charge is 0.367 e. The number of primary amides is 1. The third kappa shape index (κ3) is 3.97. The Morgan fingerprint density at radius 2 is 2.04 bits per heavy atom. The molecule has 5 nitrogen and oxygen atoms in total. The van der Waals surface area contributed by atoms with E-state index in [9.17, 15) is 9.59 Å². The lowest BCUT2D eigenvalue weighted by molar-refractivity contribution is -0.163. The minimum atomic E-state index is -1.16. The topological polar surface area (TPSA) is 72.6 Å². The number of hydrogen-bond acceptors (Lipinski definition) is 4. The van der Waals surface area contributed by atoms with E-state index < -0.39 is 11.5 Å². The number of morpholine rings is 1. The van der Waals surface area contributed by atoms with Gasteiger partial charge < -0.3 is 15.4 Å². The van der Waals surface area contributed by atoms with Crippen LogP contribution < -0.4 is 5.73 Å². The molecule has 1 saturated heterocycles. The first-order valence-electron chi connectivity index (χ1n) is 8.88. The van der Waals surface area contributed by atoms with Crippen molar-refractivity contribution >= 4 is 23.2 Å². The highest BCUT2D eigenvalue weighted by Crippen LogP contribution is 2.28. The van der Waals surface area contributed by atoms with Gasteiger partial charge in [-0.15, -0.1) is 11.3 Å². The molecule has 1 fully saturated rings. The molecule has 2 heterocycles. The molecule has 0 saturated carbocycles. The maximum Gasteiger partial charge on any atom is 0.251 e. The van der Waals surface area contributed by atoms with Crippen LogP contribution in [-0.4, -0.2) is 42.0 Å². The number of carbonyl (C=O) groups excluding carboxylic acids is 2. The van der Waals surface area contributed by atoms with Crippen molar-refractivity contribution in [2.24, 2.45) is 5.73 Å². The smallest absolute Gasteiger partial charge is 0.251 e. The van der Waals surface area contributed by atoms with E-state index in [1.54, 1.807) is 16.2 Å². The van der Waals surface area contributed by atoms with Crippen LogP contribution in [0.4, 0.5) is 0 Å². The average Bonchev–Trinajstić information content (AvgIpc) is 3.17. The van der Waals surface area contributed by atoms with Gasteiger partial charge >= 0.3 is 0 Å². The third-order valence-electron chi connectivity index (χ3n) is 4.70. The Labute approximate surface area is 157 Å². The van der Waals surface area contributed by atoms with Crippen LogP contribution in [0.2, 0.25) is 0 Å². The molecular formula is C20H24N2O3S. The summed E-state index contributed by atoms with van der Waals surface area (Å²) in [6.45, 7) is 3.01. The maximum absolute atomic E-state index is 12.3. The highest BCUT2D eigenvalue weighted by Gasteiger charge is 2.43. The fourth-order valence-electron chi connectivity index (χ4n) is 3.27. The second-order valence-corrected chi connectivity index (χ2v) is 7.57. The summed E-state index contributed by atoms with van der Waals surface area (Å²) in [5.74, 6) is -0.469. The Kier molecular flexibility index (Phi) is 5.74. The van der Waals surface area contributed by atoms with Crippen molar-refractivity contribution in [3.63, 3.8) is 0 Å². The highest BCUT2D eigenvalue weighted by molar-refractivity contribution is 7.13. The first kappa shape index (κ1) is 18.6. The number of amides is 2. The molecule has 6 heteroatoms. The maximum atomic E-state index is 12.3. The Morgan fingerprint density at radius 1 is 1.27 bits per heavy atom. The van der Waals surface area contributed by atoms with Crippen LogP contribution in [0.1, 0.15) is 25.3 Å². The zero-order valence-electron chi connectivity index (χ0n) is 14.9. The third-order valence-corrected chi connectivity index (χ3v) is 5.62. The molecule has 1 aliphatic heterocycles. The molecule has 26 heavy (non-hydrogen) atoms. The first-order valence-corrected chi connectivity index (χ1v) is 9.76. The van der Waals surface area contributed by atoms with Crippen LogP contribution in [0.15, 0.2) is 41.8 Å². The Balaban J connectivity index is 1.77. The molecule has 2 aromatic rings. The van der Waals surface area contributed by atoms with Crippen molar-refractivity contribution in [2.45, 2.75) is 31.8 Å². The minimum absolute atomic E-state index is 0.0504. The quantitative estimate of drug-likeness (QED) is 0.847. The van der Waals surface area contributed by atoms with Crippen LogP contribution in [0.3, 0.4) is 0 Å². The number of carbonyl (C=O) groups is 2. The summed E-state index contributed by atoms with van der Waals surface area (Å²) in [4.78, 5) is 27.4. The summed E-state index contributed by atoms with van der Waals surface area (Å²) in [7, 11) is 0. The van der Waals surface area contributed by atoms with E-state index >= 15 is 0 Å². The number of benzene rings is 1. The predicted octanol–water partition coefficient (Wildman–Crippen LogP) is 2.84. The molecular weight excluding hydrogens is 348 g/mol. The van der Waals surface area contributed by atoms with Crippen LogP contribution >= 0.6 is 11.3 Å². The van der Waals surface area contributed by atoms with Crippen molar-refractivity contribution < 1.29 is 14.3 Å². The van der Waals surface area contributed by atoms with Crippen LogP contribution in [0, 0.1) is 0 Å². The van der Waals surface area contributed by atoms with E-state index in [4.69, 9.17) is 10.5 Å². The van der Waals surface area contributed by atoms with E-state index in [-0.39, 0.29) is 12.5 Å². The Morgan fingerprint density at radius 3 is 2.65 bits per heavy atom. The fourth-order valence-corrected chi connectivity index (χ4v) is 4.00. The van der Waals surface area contributed by atoms with Gasteiger partial charge in [0.1, 0.15) is 0 Å². The lowest BCUT2D eigenvalue weighted by atomic mass is 9.91. The predicted molar refractivity (Wildman–Crippen MR) is 103 cm³/mol. The van der Waals surface area contributed by atoms with Crippen molar-refractivity contribution in [1.82, 2.24) is 4.90 Å². The molecule has 1 aliphatic rings. The number of hydrogen-bond donors (Lipinski definition) is 1. The van der Waals surface area contributed by atoms with E-state index in [2.05, 4.69) is 6.07 Å². The van der Waals surface area contributed by atoms with Crippen molar-refractivity contribution in [1.29, 1.82) is 0 Å². The molecule has 2 N–H and O–H groups in total. The summed E-state index contributed by atoms with van der Waals surface area (Å²) in [5.41, 5.74) is 6.64. The Hall–Kier alpha value is -2.18. The van der Waals surface area contributed by atoms with Crippen molar-refractivity contribution in [2.75, 3.05) is 19.7 Å². The summed E-state index contributed by atoms with van der Waals surface area (Å²) in [6, 6.07) is 12.2. The Bertz CT molecular complexity index is 758. The van der Waals surface area contributed by atoms with E-state index in [0.717, 1.165) is 17.5 Å². The SMILES string of the molecule is CCCC(=O)N1CCOC(Cc2ccc(-c3cccs3)cc2)(C(N)=O)C1. The van der Waals surface area contributed by atoms with Crippen molar-refractivity contribution in [3.8, 4) is 10.4 Å². The molecule has 0 spiro atoms. The monoisotopic (exact) mass is 372 g/mol. The molecule has 0 bridgehead atoms. The average molecular weight is 372 g/mol. The van der Waals surface area contributed by atoms with Gasteiger partial charge in [0.15, 0.2) is 5.60 Å². The second-order valence-electron chi connectivity index (χ2n) is 6.62. The van der Waals surface area contributed by atoms with Gasteiger partial charge in [-0.3, -0.25) is 9.59 Å². The highest BCUT2D eigenvalue weighted by atomic mass is 32.1. The molecule has 0 aliphatic carbocycles. The van der Waals surface area contributed by atoms with Gasteiger partial charge in [0, 0.05) is 24.3 Å². The normalized spacial score (nSPS) is 20.1. The molecule has 1 aromatic heterocycles. The van der Waals surface area contributed by atoms with Gasteiger partial charge in [0.05, 0.1) is 13.2 Å². The standard InChI is InChI=1S/C20H24N2O3S/c1-2-4-18(23)22-10-11-25-20(14-22,19(21)24)13-15-6-8-16(9-7-15)17-5-3-12-26-17/h3,5-9,12H,2,4,10-11,13-14H2,1H3,(H2,21,24). The lowest BCUT2D eigenvalue weighted by Gasteiger charge is -2.40. The van der Waals surface area contributed by atoms with Gasteiger partial charge in [-0.2, -0.15) is 0 Å². The zero-order valence-corrected chi connectivity index (χ0v) is 15.8. The summed E-state index contributed by atoms with van der Waals surface area (Å²) < 4.78 is 5.83. The van der Waals surface area contributed by atoms with Gasteiger partial charge in [-0.25, -0.2) is 0 Å². The van der Waals surface area contributed by atoms with Gasteiger partial charge in [-0.05, 0) is 29.0 Å². The summed E-state index contributed by atoms with van der Waals surface area (Å²) >= 11 is 1.69. The number of thiophene rings is 1. The van der Waals surface area contributed by atoms with E-state index in [0.29, 0.717) is 26.0 Å². The van der Waals surface area contributed by atoms with Gasteiger partial charge in [0.2, 0.25) is 5.91 Å². The molecule has 1 unspecified atom stereocenters. The minimum Gasteiger partial charge on any atom is -0.367 e. The summed E-state index contributed by atoms with van der Waals surface area (Å²) in [5, 5.41) is 2.04. The van der Waals surface area contributed by atoms with Crippen LogP contribution in [0.5, 0.6) is 0 Å². The van der Waals surface area contributed by atoms with Crippen LogP contribution in [0.25, 0.3) is 10.4 Å². The summed E-state index contributed by atoms with van der Waals surface area (Å²) in [6.07, 6.45) is 1.62. The van der Waals surface area contributed by atoms with E-state index in [1.165, 1.54) is 4.88 Å². The number of nitrogens with two attached hydrogens (primary N) is 1. The van der Waals surface area contributed by atoms with E-state index in [1.807, 2.05) is 42.6 Å².